The zero-order valence-corrected chi connectivity index (χ0v) is 15.2. The Kier molecular flexibility index (Phi) is 6.85. The summed E-state index contributed by atoms with van der Waals surface area (Å²) in [5, 5.41) is 3.45. The summed E-state index contributed by atoms with van der Waals surface area (Å²) in [6.07, 6.45) is 2.50. The Morgan fingerprint density at radius 2 is 2.29 bits per heavy atom. The Morgan fingerprint density at radius 1 is 1.50 bits per heavy atom. The van der Waals surface area contributed by atoms with E-state index in [4.69, 9.17) is 4.74 Å². The quantitative estimate of drug-likeness (QED) is 0.661. The first-order valence-electron chi connectivity index (χ1n) is 8.46. The van der Waals surface area contributed by atoms with Crippen LogP contribution in [0.2, 0.25) is 0 Å². The number of nitrogens with zero attached hydrogens (tertiary/aromatic N) is 3. The monoisotopic (exact) mass is 336 g/mol. The van der Waals surface area contributed by atoms with E-state index in [1.807, 2.05) is 18.0 Å². The molecule has 134 valence electrons. The van der Waals surface area contributed by atoms with Gasteiger partial charge in [0.2, 0.25) is 0 Å². The molecule has 1 N–H and O–H groups in total. The van der Waals surface area contributed by atoms with Crippen LogP contribution in [0.15, 0.2) is 23.2 Å². The zero-order valence-electron chi connectivity index (χ0n) is 15.2. The van der Waals surface area contributed by atoms with Crippen molar-refractivity contribution in [3.8, 4) is 5.75 Å². The third-order valence-corrected chi connectivity index (χ3v) is 4.48. The minimum atomic E-state index is -0.336. The molecule has 6 heteroatoms. The zero-order chi connectivity index (χ0) is 17.5. The molecule has 24 heavy (non-hydrogen) atoms. The van der Waals surface area contributed by atoms with Crippen molar-refractivity contribution in [1.29, 1.82) is 0 Å². The van der Waals surface area contributed by atoms with Crippen LogP contribution < -0.4 is 10.1 Å². The predicted octanol–water partition coefficient (Wildman–Crippen LogP) is 2.18. The van der Waals surface area contributed by atoms with Crippen LogP contribution in [0.1, 0.15) is 18.4 Å². The van der Waals surface area contributed by atoms with Crippen LogP contribution in [0.3, 0.4) is 0 Å². The molecular formula is C18H29FN4O. The summed E-state index contributed by atoms with van der Waals surface area (Å²) in [5.74, 6) is 1.41. The van der Waals surface area contributed by atoms with Crippen LogP contribution in [-0.2, 0) is 6.54 Å². The molecule has 0 bridgehead atoms. The second-order valence-corrected chi connectivity index (χ2v) is 6.52. The van der Waals surface area contributed by atoms with Gasteiger partial charge in [0.1, 0.15) is 0 Å². The van der Waals surface area contributed by atoms with Gasteiger partial charge < -0.3 is 19.9 Å². The summed E-state index contributed by atoms with van der Waals surface area (Å²) in [7, 11) is 7.38. The maximum atomic E-state index is 13.8. The van der Waals surface area contributed by atoms with Crippen LogP contribution in [0, 0.1) is 11.7 Å². The molecule has 0 radical (unpaired) electrons. The molecular weight excluding hydrogens is 307 g/mol. The molecule has 1 heterocycles. The van der Waals surface area contributed by atoms with Gasteiger partial charge in [-0.1, -0.05) is 6.07 Å². The SMILES string of the molecule is CN=C(NCC1CCCN(C)C1)N(C)Cc1ccc(OC)c(F)c1. The molecule has 5 nitrogen and oxygen atoms in total. The molecule has 1 aromatic carbocycles. The standard InChI is InChI=1S/C18H29FN4O/c1-20-18(21-11-15-6-5-9-22(2)12-15)23(3)13-14-7-8-17(24-4)16(19)10-14/h7-8,10,15H,5-6,9,11-13H2,1-4H3,(H,20,21). The summed E-state index contributed by atoms with van der Waals surface area (Å²) in [6, 6.07) is 5.05. The van der Waals surface area contributed by atoms with Gasteiger partial charge in [0.25, 0.3) is 0 Å². The van der Waals surface area contributed by atoms with Gasteiger partial charge in [0, 0.05) is 33.7 Å². The summed E-state index contributed by atoms with van der Waals surface area (Å²) in [4.78, 5) is 8.73. The third-order valence-electron chi connectivity index (χ3n) is 4.48. The number of nitrogens with one attached hydrogen (secondary N) is 1. The highest BCUT2D eigenvalue weighted by Crippen LogP contribution is 2.18. The lowest BCUT2D eigenvalue weighted by Gasteiger charge is -2.31. The summed E-state index contributed by atoms with van der Waals surface area (Å²) in [6.45, 7) is 3.81. The minimum Gasteiger partial charge on any atom is -0.494 e. The highest BCUT2D eigenvalue weighted by molar-refractivity contribution is 5.79. The smallest absolute Gasteiger partial charge is 0.193 e. The number of benzene rings is 1. The van der Waals surface area contributed by atoms with Gasteiger partial charge in [-0.2, -0.15) is 0 Å². The fourth-order valence-corrected chi connectivity index (χ4v) is 3.22. The van der Waals surface area contributed by atoms with Crippen molar-refractivity contribution in [2.24, 2.45) is 10.9 Å². The van der Waals surface area contributed by atoms with Crippen LogP contribution in [0.4, 0.5) is 4.39 Å². The van der Waals surface area contributed by atoms with E-state index in [-0.39, 0.29) is 11.6 Å². The minimum absolute atomic E-state index is 0.269. The molecule has 1 saturated heterocycles. The number of halogens is 1. The number of ether oxygens (including phenoxy) is 1. The number of hydrogen-bond donors (Lipinski definition) is 1. The topological polar surface area (TPSA) is 40.1 Å². The Balaban J connectivity index is 1.89. The van der Waals surface area contributed by atoms with E-state index in [9.17, 15) is 4.39 Å². The Bertz CT molecular complexity index is 564. The van der Waals surface area contributed by atoms with Crippen molar-refractivity contribution in [1.82, 2.24) is 15.1 Å². The third kappa shape index (κ3) is 5.09. The molecule has 1 aliphatic heterocycles. The maximum absolute atomic E-state index is 13.8. The number of methoxy groups -OCH3 is 1. The molecule has 0 aromatic heterocycles. The second-order valence-electron chi connectivity index (χ2n) is 6.52. The molecule has 1 unspecified atom stereocenters. The highest BCUT2D eigenvalue weighted by Gasteiger charge is 2.18. The van der Waals surface area contributed by atoms with Gasteiger partial charge in [-0.15, -0.1) is 0 Å². The van der Waals surface area contributed by atoms with Crippen molar-refractivity contribution < 1.29 is 9.13 Å². The van der Waals surface area contributed by atoms with Crippen molar-refractivity contribution in [2.75, 3.05) is 47.9 Å². The number of guanidine groups is 1. The molecule has 0 spiro atoms. The van der Waals surface area contributed by atoms with Gasteiger partial charge in [-0.25, -0.2) is 4.39 Å². The molecule has 2 rings (SSSR count). The van der Waals surface area contributed by atoms with Crippen molar-refractivity contribution >= 4 is 5.96 Å². The van der Waals surface area contributed by atoms with E-state index in [1.165, 1.54) is 32.6 Å². The van der Waals surface area contributed by atoms with Gasteiger partial charge in [0.05, 0.1) is 7.11 Å². The molecule has 0 amide bonds. The number of piperidine rings is 1. The van der Waals surface area contributed by atoms with E-state index in [0.29, 0.717) is 12.5 Å². The molecule has 0 aliphatic carbocycles. The second kappa shape index (κ2) is 8.87. The van der Waals surface area contributed by atoms with E-state index in [0.717, 1.165) is 24.6 Å². The largest absolute Gasteiger partial charge is 0.494 e. The molecule has 1 fully saturated rings. The molecule has 1 atom stereocenters. The highest BCUT2D eigenvalue weighted by atomic mass is 19.1. The number of likely N-dealkylation sites (tertiary alicyclic amines) is 1. The normalized spacial score (nSPS) is 19.2. The summed E-state index contributed by atoms with van der Waals surface area (Å²) >= 11 is 0. The lowest BCUT2D eigenvalue weighted by Crippen LogP contribution is -2.44. The first kappa shape index (κ1) is 18.5. The predicted molar refractivity (Wildman–Crippen MR) is 96.0 cm³/mol. The fraction of sp³-hybridized carbons (Fsp3) is 0.611. The number of rotatable bonds is 5. The lowest BCUT2D eigenvalue weighted by atomic mass is 9.98. The molecule has 0 saturated carbocycles. The fourth-order valence-electron chi connectivity index (χ4n) is 3.22. The van der Waals surface area contributed by atoms with Crippen molar-refractivity contribution in [3.63, 3.8) is 0 Å². The van der Waals surface area contributed by atoms with Gasteiger partial charge in [0.15, 0.2) is 17.5 Å². The van der Waals surface area contributed by atoms with Crippen LogP contribution >= 0.6 is 0 Å². The van der Waals surface area contributed by atoms with Crippen LogP contribution in [-0.4, -0.2) is 63.6 Å². The van der Waals surface area contributed by atoms with Crippen molar-refractivity contribution in [3.05, 3.63) is 29.6 Å². The van der Waals surface area contributed by atoms with Crippen molar-refractivity contribution in [2.45, 2.75) is 19.4 Å². The number of aliphatic imine (C=N–C) groups is 1. The summed E-state index contributed by atoms with van der Waals surface area (Å²) in [5.41, 5.74) is 0.885. The Labute approximate surface area is 144 Å². The van der Waals surface area contributed by atoms with E-state index < -0.39 is 0 Å². The summed E-state index contributed by atoms with van der Waals surface area (Å²) < 4.78 is 18.8. The Morgan fingerprint density at radius 3 is 2.92 bits per heavy atom. The van der Waals surface area contributed by atoms with Crippen LogP contribution in [0.25, 0.3) is 0 Å². The van der Waals surface area contributed by atoms with Crippen LogP contribution in [0.5, 0.6) is 5.75 Å². The lowest BCUT2D eigenvalue weighted by molar-refractivity contribution is 0.209. The molecule has 1 aliphatic rings. The number of hydrogen-bond acceptors (Lipinski definition) is 3. The van der Waals surface area contributed by atoms with Gasteiger partial charge >= 0.3 is 0 Å². The van der Waals surface area contributed by atoms with E-state index in [1.54, 1.807) is 13.1 Å². The first-order valence-corrected chi connectivity index (χ1v) is 8.46. The maximum Gasteiger partial charge on any atom is 0.193 e. The van der Waals surface area contributed by atoms with Gasteiger partial charge in [-0.3, -0.25) is 4.99 Å². The van der Waals surface area contributed by atoms with Gasteiger partial charge in [-0.05, 0) is 50.0 Å². The average molecular weight is 336 g/mol. The van der Waals surface area contributed by atoms with E-state index >= 15 is 0 Å². The Hall–Kier alpha value is -1.82. The molecule has 1 aromatic rings. The van der Waals surface area contributed by atoms with E-state index in [2.05, 4.69) is 22.3 Å². The average Bonchev–Trinajstić information content (AvgIpc) is 2.55. The first-order chi connectivity index (χ1) is 11.5.